The van der Waals surface area contributed by atoms with Crippen molar-refractivity contribution in [3.05, 3.63) is 0 Å². The Morgan fingerprint density at radius 2 is 1.84 bits per heavy atom. The molecule has 3 nitrogen and oxygen atoms in total. The van der Waals surface area contributed by atoms with Crippen molar-refractivity contribution < 1.29 is 9.90 Å². The first-order chi connectivity index (χ1) is 9.06. The zero-order valence-corrected chi connectivity index (χ0v) is 12.5. The van der Waals surface area contributed by atoms with Crippen LogP contribution >= 0.6 is 0 Å². The number of amides is 1. The third-order valence-corrected chi connectivity index (χ3v) is 5.19. The molecule has 0 saturated heterocycles. The van der Waals surface area contributed by atoms with Crippen LogP contribution < -0.4 is 0 Å². The number of carbonyl (C=O) groups excluding carboxylic acids is 1. The zero-order chi connectivity index (χ0) is 13.9. The summed E-state index contributed by atoms with van der Waals surface area (Å²) in [6.45, 7) is 5.06. The summed E-state index contributed by atoms with van der Waals surface area (Å²) in [6, 6.07) is 0.379. The smallest absolute Gasteiger partial charge is 0.226 e. The van der Waals surface area contributed by atoms with E-state index in [2.05, 4.69) is 13.8 Å². The van der Waals surface area contributed by atoms with Crippen LogP contribution in [0.3, 0.4) is 0 Å². The number of rotatable bonds is 4. The van der Waals surface area contributed by atoms with Gasteiger partial charge in [0.2, 0.25) is 5.91 Å². The average Bonchev–Trinajstić information content (AvgIpc) is 2.76. The maximum atomic E-state index is 12.9. The molecule has 2 aliphatic carbocycles. The number of aliphatic hydroxyl groups excluding tert-OH is 1. The molecule has 0 radical (unpaired) electrons. The molecule has 1 atom stereocenters. The van der Waals surface area contributed by atoms with E-state index in [1.165, 1.54) is 25.7 Å². The summed E-state index contributed by atoms with van der Waals surface area (Å²) in [7, 11) is 0. The Labute approximate surface area is 117 Å². The first-order valence-corrected chi connectivity index (χ1v) is 7.97. The lowest BCUT2D eigenvalue weighted by atomic mass is 9.80. The lowest BCUT2D eigenvalue weighted by Gasteiger charge is -2.38. The molecule has 0 aliphatic heterocycles. The monoisotopic (exact) mass is 267 g/mol. The second-order valence-corrected chi connectivity index (χ2v) is 6.98. The van der Waals surface area contributed by atoms with Crippen LogP contribution in [0.4, 0.5) is 0 Å². The molecule has 1 amide bonds. The van der Waals surface area contributed by atoms with E-state index >= 15 is 0 Å². The van der Waals surface area contributed by atoms with Crippen molar-refractivity contribution in [2.24, 2.45) is 11.3 Å². The standard InChI is InChI=1S/C16H29NO2/c1-16(2)10-6-9-14(16)15(19)17(11-12-18)13-7-4-3-5-8-13/h13-14,18H,3-12H2,1-2H3. The van der Waals surface area contributed by atoms with E-state index in [1.807, 2.05) is 4.90 Å². The minimum absolute atomic E-state index is 0.0926. The summed E-state index contributed by atoms with van der Waals surface area (Å²) in [4.78, 5) is 14.9. The minimum atomic E-state index is 0.0926. The fourth-order valence-corrected chi connectivity index (χ4v) is 3.96. The number of carbonyl (C=O) groups is 1. The van der Waals surface area contributed by atoms with Gasteiger partial charge in [-0.15, -0.1) is 0 Å². The van der Waals surface area contributed by atoms with E-state index in [0.717, 1.165) is 25.7 Å². The molecule has 0 aromatic rings. The first-order valence-electron chi connectivity index (χ1n) is 7.97. The molecule has 19 heavy (non-hydrogen) atoms. The predicted octanol–water partition coefficient (Wildman–Crippen LogP) is 2.97. The lowest BCUT2D eigenvalue weighted by Crippen LogP contribution is -2.47. The Balaban J connectivity index is 2.07. The molecule has 0 aromatic heterocycles. The Hall–Kier alpha value is -0.570. The molecule has 0 spiro atoms. The van der Waals surface area contributed by atoms with Crippen LogP contribution in [0.5, 0.6) is 0 Å². The van der Waals surface area contributed by atoms with Gasteiger partial charge in [-0.2, -0.15) is 0 Å². The molecular formula is C16H29NO2. The summed E-state index contributed by atoms with van der Waals surface area (Å²) >= 11 is 0. The van der Waals surface area contributed by atoms with E-state index in [1.54, 1.807) is 0 Å². The van der Waals surface area contributed by atoms with Gasteiger partial charge in [0.05, 0.1) is 6.61 Å². The third-order valence-electron chi connectivity index (χ3n) is 5.19. The maximum Gasteiger partial charge on any atom is 0.226 e. The summed E-state index contributed by atoms with van der Waals surface area (Å²) < 4.78 is 0. The molecule has 1 N–H and O–H groups in total. The van der Waals surface area contributed by atoms with Gasteiger partial charge in [-0.05, 0) is 31.1 Å². The highest BCUT2D eigenvalue weighted by molar-refractivity contribution is 5.80. The largest absolute Gasteiger partial charge is 0.395 e. The summed E-state index contributed by atoms with van der Waals surface area (Å²) in [6.07, 6.45) is 9.36. The highest BCUT2D eigenvalue weighted by atomic mass is 16.3. The summed E-state index contributed by atoms with van der Waals surface area (Å²) in [5.74, 6) is 0.476. The van der Waals surface area contributed by atoms with Crippen LogP contribution in [-0.4, -0.2) is 35.1 Å². The molecular weight excluding hydrogens is 238 g/mol. The van der Waals surface area contributed by atoms with E-state index in [9.17, 15) is 9.90 Å². The van der Waals surface area contributed by atoms with Gasteiger partial charge in [0.15, 0.2) is 0 Å². The molecule has 2 saturated carbocycles. The van der Waals surface area contributed by atoms with Crippen molar-refractivity contribution in [3.63, 3.8) is 0 Å². The molecule has 0 bridgehead atoms. The van der Waals surface area contributed by atoms with Crippen molar-refractivity contribution in [1.29, 1.82) is 0 Å². The number of hydrogen-bond donors (Lipinski definition) is 1. The molecule has 0 aromatic carbocycles. The first kappa shape index (κ1) is 14.8. The topological polar surface area (TPSA) is 40.5 Å². The van der Waals surface area contributed by atoms with Crippen LogP contribution in [0, 0.1) is 11.3 Å². The molecule has 2 fully saturated rings. The number of nitrogens with zero attached hydrogens (tertiary/aromatic N) is 1. The number of aliphatic hydroxyl groups is 1. The minimum Gasteiger partial charge on any atom is -0.395 e. The van der Waals surface area contributed by atoms with Crippen LogP contribution in [-0.2, 0) is 4.79 Å². The van der Waals surface area contributed by atoms with Crippen molar-refractivity contribution in [3.8, 4) is 0 Å². The second kappa shape index (κ2) is 6.25. The molecule has 2 aliphatic rings. The Bertz CT molecular complexity index is 308. The highest BCUT2D eigenvalue weighted by Gasteiger charge is 2.42. The molecule has 0 heterocycles. The van der Waals surface area contributed by atoms with Crippen LogP contribution in [0.15, 0.2) is 0 Å². The normalized spacial score (nSPS) is 27.4. The van der Waals surface area contributed by atoms with E-state index < -0.39 is 0 Å². The van der Waals surface area contributed by atoms with Gasteiger partial charge in [-0.3, -0.25) is 4.79 Å². The Morgan fingerprint density at radius 1 is 1.16 bits per heavy atom. The highest BCUT2D eigenvalue weighted by Crippen LogP contribution is 2.44. The second-order valence-electron chi connectivity index (χ2n) is 6.98. The number of hydrogen-bond acceptors (Lipinski definition) is 2. The van der Waals surface area contributed by atoms with Gasteiger partial charge in [0, 0.05) is 18.5 Å². The maximum absolute atomic E-state index is 12.9. The van der Waals surface area contributed by atoms with Crippen molar-refractivity contribution in [2.75, 3.05) is 13.2 Å². The Kier molecular flexibility index (Phi) is 4.88. The molecule has 1 unspecified atom stereocenters. The quantitative estimate of drug-likeness (QED) is 0.850. The molecule has 110 valence electrons. The predicted molar refractivity (Wildman–Crippen MR) is 76.8 cm³/mol. The fraction of sp³-hybridized carbons (Fsp3) is 0.938. The van der Waals surface area contributed by atoms with E-state index in [-0.39, 0.29) is 17.9 Å². The van der Waals surface area contributed by atoms with Gasteiger partial charge in [0.25, 0.3) is 0 Å². The molecule has 2 rings (SSSR count). The van der Waals surface area contributed by atoms with Crippen LogP contribution in [0.1, 0.15) is 65.2 Å². The van der Waals surface area contributed by atoms with E-state index in [0.29, 0.717) is 18.5 Å². The molecule has 3 heteroatoms. The van der Waals surface area contributed by atoms with Crippen molar-refractivity contribution >= 4 is 5.91 Å². The van der Waals surface area contributed by atoms with Gasteiger partial charge in [0.1, 0.15) is 0 Å². The van der Waals surface area contributed by atoms with Gasteiger partial charge in [-0.1, -0.05) is 39.5 Å². The fourth-order valence-electron chi connectivity index (χ4n) is 3.96. The summed E-state index contributed by atoms with van der Waals surface area (Å²) in [5.41, 5.74) is 0.138. The van der Waals surface area contributed by atoms with Crippen LogP contribution in [0.2, 0.25) is 0 Å². The Morgan fingerprint density at radius 3 is 2.37 bits per heavy atom. The third kappa shape index (κ3) is 3.31. The van der Waals surface area contributed by atoms with Crippen molar-refractivity contribution in [1.82, 2.24) is 4.90 Å². The van der Waals surface area contributed by atoms with E-state index in [4.69, 9.17) is 0 Å². The average molecular weight is 267 g/mol. The van der Waals surface area contributed by atoms with Gasteiger partial charge in [-0.25, -0.2) is 0 Å². The van der Waals surface area contributed by atoms with Crippen LogP contribution in [0.25, 0.3) is 0 Å². The van der Waals surface area contributed by atoms with Gasteiger partial charge < -0.3 is 10.0 Å². The summed E-state index contributed by atoms with van der Waals surface area (Å²) in [5, 5.41) is 9.30. The van der Waals surface area contributed by atoms with Gasteiger partial charge >= 0.3 is 0 Å². The SMILES string of the molecule is CC1(C)CCCC1C(=O)N(CCO)C1CCCCC1. The zero-order valence-electron chi connectivity index (χ0n) is 12.5. The van der Waals surface area contributed by atoms with Crippen molar-refractivity contribution in [2.45, 2.75) is 71.3 Å². The lowest BCUT2D eigenvalue weighted by molar-refractivity contribution is -0.142.